The Hall–Kier alpha value is -2.34. The highest BCUT2D eigenvalue weighted by Gasteiger charge is 2.01. The smallest absolute Gasteiger partial charge is 0.213 e. The van der Waals surface area contributed by atoms with Crippen LogP contribution in [0.3, 0.4) is 0 Å². The molecule has 0 fully saturated rings. The molecule has 112 valence electrons. The number of hydrogen-bond donors (Lipinski definition) is 2. The van der Waals surface area contributed by atoms with Crippen LogP contribution >= 0.6 is 0 Å². The summed E-state index contributed by atoms with van der Waals surface area (Å²) in [6.45, 7) is 1.33. The number of pyridine rings is 1. The monoisotopic (exact) mass is 292 g/mol. The summed E-state index contributed by atoms with van der Waals surface area (Å²) in [7, 11) is 1.61. The summed E-state index contributed by atoms with van der Waals surface area (Å²) in [5.41, 5.74) is 1.42. The summed E-state index contributed by atoms with van der Waals surface area (Å²) in [5.74, 6) is -0.0420. The van der Waals surface area contributed by atoms with Gasteiger partial charge < -0.3 is 19.9 Å². The van der Waals surface area contributed by atoms with Crippen LogP contribution in [-0.2, 0) is 11.3 Å². The van der Waals surface area contributed by atoms with E-state index < -0.39 is 5.82 Å². The average Bonchev–Trinajstić information content (AvgIpc) is 2.46. The van der Waals surface area contributed by atoms with Gasteiger partial charge in [0, 0.05) is 25.8 Å². The van der Waals surface area contributed by atoms with Crippen molar-refractivity contribution in [3.63, 3.8) is 0 Å². The van der Waals surface area contributed by atoms with Gasteiger partial charge in [0.25, 0.3) is 0 Å². The molecule has 0 aliphatic heterocycles. The number of aromatic nitrogens is 1. The molecule has 0 radical (unpaired) electrons. The number of anilines is 1. The molecule has 0 amide bonds. The molecular weight excluding hydrogens is 275 g/mol. The Bertz CT molecular complexity index is 555. The van der Waals surface area contributed by atoms with E-state index in [9.17, 15) is 9.50 Å². The van der Waals surface area contributed by atoms with Crippen LogP contribution in [-0.4, -0.2) is 30.4 Å². The van der Waals surface area contributed by atoms with E-state index in [-0.39, 0.29) is 5.75 Å². The van der Waals surface area contributed by atoms with Crippen LogP contribution in [0.4, 0.5) is 10.1 Å². The summed E-state index contributed by atoms with van der Waals surface area (Å²) in [6.07, 6.45) is 1.63. The highest BCUT2D eigenvalue weighted by molar-refractivity contribution is 5.43. The first-order valence-corrected chi connectivity index (χ1v) is 6.47. The lowest BCUT2D eigenvalue weighted by Crippen LogP contribution is -2.05. The van der Waals surface area contributed by atoms with Gasteiger partial charge in [0.15, 0.2) is 0 Å². The van der Waals surface area contributed by atoms with E-state index >= 15 is 0 Å². The lowest BCUT2D eigenvalue weighted by molar-refractivity contribution is 0.144. The predicted octanol–water partition coefficient (Wildman–Crippen LogP) is 2.56. The zero-order chi connectivity index (χ0) is 15.1. The van der Waals surface area contributed by atoms with Crippen molar-refractivity contribution in [3.05, 3.63) is 47.9 Å². The third-order valence-corrected chi connectivity index (χ3v) is 2.71. The molecule has 0 bridgehead atoms. The molecule has 2 rings (SSSR count). The highest BCUT2D eigenvalue weighted by Crippen LogP contribution is 2.17. The Morgan fingerprint density at radius 3 is 2.76 bits per heavy atom. The Kier molecular flexibility index (Phi) is 5.34. The van der Waals surface area contributed by atoms with Crippen molar-refractivity contribution in [1.29, 1.82) is 0 Å². The molecule has 0 saturated heterocycles. The van der Waals surface area contributed by atoms with Crippen LogP contribution in [0.25, 0.3) is 0 Å². The molecule has 0 saturated carbocycles. The van der Waals surface area contributed by atoms with E-state index in [0.717, 1.165) is 11.8 Å². The van der Waals surface area contributed by atoms with Gasteiger partial charge in [0.05, 0.1) is 18.5 Å². The van der Waals surface area contributed by atoms with Crippen molar-refractivity contribution in [2.24, 2.45) is 0 Å². The van der Waals surface area contributed by atoms with Gasteiger partial charge in [0.2, 0.25) is 5.88 Å². The van der Waals surface area contributed by atoms with E-state index in [2.05, 4.69) is 10.3 Å². The van der Waals surface area contributed by atoms with Crippen molar-refractivity contribution in [3.8, 4) is 11.6 Å². The van der Waals surface area contributed by atoms with E-state index in [0.29, 0.717) is 31.2 Å². The second kappa shape index (κ2) is 7.44. The Morgan fingerprint density at radius 1 is 1.24 bits per heavy atom. The second-order valence-corrected chi connectivity index (χ2v) is 4.40. The summed E-state index contributed by atoms with van der Waals surface area (Å²) in [6, 6.07) is 7.49. The first-order chi connectivity index (χ1) is 10.2. The number of phenolic OH excluding ortho intramolecular Hbond substituents is 1. The van der Waals surface area contributed by atoms with Crippen LogP contribution in [0.5, 0.6) is 11.6 Å². The Balaban J connectivity index is 1.88. The first kappa shape index (κ1) is 15.1. The number of phenols is 1. The molecule has 5 nitrogen and oxygen atoms in total. The lowest BCUT2D eigenvalue weighted by Gasteiger charge is -2.08. The van der Waals surface area contributed by atoms with E-state index in [4.69, 9.17) is 9.47 Å². The topological polar surface area (TPSA) is 63.6 Å². The van der Waals surface area contributed by atoms with Gasteiger partial charge in [-0.15, -0.1) is 0 Å². The predicted molar refractivity (Wildman–Crippen MR) is 77.0 cm³/mol. The lowest BCUT2D eigenvalue weighted by atomic mass is 10.2. The van der Waals surface area contributed by atoms with Gasteiger partial charge in [-0.25, -0.2) is 9.37 Å². The number of ether oxygens (including phenoxy) is 2. The van der Waals surface area contributed by atoms with E-state index in [1.165, 1.54) is 12.1 Å². The van der Waals surface area contributed by atoms with Crippen molar-refractivity contribution < 1.29 is 19.0 Å². The fraction of sp³-hybridized carbons (Fsp3) is 0.267. The Morgan fingerprint density at radius 2 is 2.10 bits per heavy atom. The maximum Gasteiger partial charge on any atom is 0.213 e. The zero-order valence-electron chi connectivity index (χ0n) is 11.7. The van der Waals surface area contributed by atoms with Gasteiger partial charge in [-0.1, -0.05) is 0 Å². The van der Waals surface area contributed by atoms with Crippen molar-refractivity contribution in [2.75, 3.05) is 25.6 Å². The normalized spacial score (nSPS) is 10.4. The molecule has 6 heteroatoms. The number of benzene rings is 1. The van der Waals surface area contributed by atoms with Crippen LogP contribution in [0, 0.1) is 5.82 Å². The SMILES string of the molecule is COCCOc1ccc(NCc2cc(O)cc(F)c2)cn1. The molecule has 21 heavy (non-hydrogen) atoms. The molecular formula is C15H17FN2O3. The van der Waals surface area contributed by atoms with Crippen LogP contribution in [0.15, 0.2) is 36.5 Å². The fourth-order valence-electron chi connectivity index (χ4n) is 1.74. The van der Waals surface area contributed by atoms with Gasteiger partial charge in [-0.05, 0) is 23.8 Å². The maximum absolute atomic E-state index is 13.1. The number of aromatic hydroxyl groups is 1. The molecule has 0 unspecified atom stereocenters. The summed E-state index contributed by atoms with van der Waals surface area (Å²) in [5, 5.41) is 12.4. The van der Waals surface area contributed by atoms with Crippen LogP contribution in [0.2, 0.25) is 0 Å². The number of nitrogens with one attached hydrogen (secondary N) is 1. The minimum Gasteiger partial charge on any atom is -0.508 e. The molecule has 0 aliphatic carbocycles. The third kappa shape index (κ3) is 4.92. The van der Waals surface area contributed by atoms with Crippen LogP contribution in [0.1, 0.15) is 5.56 Å². The third-order valence-electron chi connectivity index (χ3n) is 2.71. The number of nitrogens with zero attached hydrogens (tertiary/aromatic N) is 1. The number of rotatable bonds is 7. The van der Waals surface area contributed by atoms with E-state index in [1.54, 1.807) is 19.4 Å². The molecule has 2 aromatic rings. The number of methoxy groups -OCH3 is 1. The largest absolute Gasteiger partial charge is 0.508 e. The molecule has 1 aromatic carbocycles. The van der Waals surface area contributed by atoms with Gasteiger partial charge in [0.1, 0.15) is 18.2 Å². The van der Waals surface area contributed by atoms with Crippen molar-refractivity contribution >= 4 is 5.69 Å². The minimum atomic E-state index is -0.466. The summed E-state index contributed by atoms with van der Waals surface area (Å²) < 4.78 is 23.4. The second-order valence-electron chi connectivity index (χ2n) is 4.40. The van der Waals surface area contributed by atoms with Gasteiger partial charge in [-0.3, -0.25) is 0 Å². The molecule has 2 N–H and O–H groups in total. The molecule has 1 aromatic heterocycles. The van der Waals surface area contributed by atoms with Gasteiger partial charge >= 0.3 is 0 Å². The van der Waals surface area contributed by atoms with Crippen molar-refractivity contribution in [1.82, 2.24) is 4.98 Å². The highest BCUT2D eigenvalue weighted by atomic mass is 19.1. The van der Waals surface area contributed by atoms with E-state index in [1.807, 2.05) is 6.07 Å². The summed E-state index contributed by atoms with van der Waals surface area (Å²) >= 11 is 0. The quantitative estimate of drug-likeness (QED) is 0.768. The van der Waals surface area contributed by atoms with Gasteiger partial charge in [-0.2, -0.15) is 0 Å². The molecule has 1 heterocycles. The molecule has 0 aliphatic rings. The first-order valence-electron chi connectivity index (χ1n) is 6.47. The van der Waals surface area contributed by atoms with Crippen molar-refractivity contribution in [2.45, 2.75) is 6.54 Å². The fourth-order valence-corrected chi connectivity index (χ4v) is 1.74. The molecule has 0 spiro atoms. The maximum atomic E-state index is 13.1. The zero-order valence-corrected chi connectivity index (χ0v) is 11.7. The standard InChI is InChI=1S/C15H17FN2O3/c1-20-4-5-21-15-3-2-13(10-18-15)17-9-11-6-12(16)8-14(19)7-11/h2-3,6-8,10,17,19H,4-5,9H2,1H3. The Labute approximate surface area is 122 Å². The number of hydrogen-bond acceptors (Lipinski definition) is 5. The summed E-state index contributed by atoms with van der Waals surface area (Å²) in [4.78, 5) is 4.13. The van der Waals surface area contributed by atoms with Crippen LogP contribution < -0.4 is 10.1 Å². The molecule has 0 atom stereocenters. The average molecular weight is 292 g/mol. The minimum absolute atomic E-state index is 0.0909. The number of halogens is 1.